The third-order valence-electron chi connectivity index (χ3n) is 5.03. The Balaban J connectivity index is 5.71. The van der Waals surface area contributed by atoms with Crippen LogP contribution in [-0.2, 0) is 9.32 Å². The summed E-state index contributed by atoms with van der Waals surface area (Å²) in [5.74, 6) is -0.165. The zero-order valence-corrected chi connectivity index (χ0v) is 17.3. The van der Waals surface area contributed by atoms with Crippen molar-refractivity contribution in [3.63, 3.8) is 0 Å². The van der Waals surface area contributed by atoms with Crippen LogP contribution in [0.15, 0.2) is 0 Å². The van der Waals surface area contributed by atoms with Gasteiger partial charge in [-0.15, -0.1) is 0 Å². The Morgan fingerprint density at radius 1 is 0.826 bits per heavy atom. The molecular formula is C19H42NO2P. The third kappa shape index (κ3) is 7.52. The Labute approximate surface area is 145 Å². The van der Waals surface area contributed by atoms with Gasteiger partial charge < -0.3 is 0 Å². The van der Waals surface area contributed by atoms with Crippen LogP contribution < -0.4 is 5.73 Å². The summed E-state index contributed by atoms with van der Waals surface area (Å²) < 4.78 is 6.46. The van der Waals surface area contributed by atoms with E-state index in [9.17, 15) is 4.79 Å². The van der Waals surface area contributed by atoms with E-state index in [1.54, 1.807) is 6.92 Å². The summed E-state index contributed by atoms with van der Waals surface area (Å²) in [6.07, 6.45) is 13.8. The van der Waals surface area contributed by atoms with Crippen LogP contribution in [0.1, 0.15) is 86.0 Å². The SMILES string of the molecule is CCCCP(CCCC)(CCCC)(CCCC)OC(=O)[C@@H](C)N. The molecule has 0 heterocycles. The molecule has 0 saturated carbocycles. The topological polar surface area (TPSA) is 52.3 Å². The predicted molar refractivity (Wildman–Crippen MR) is 106 cm³/mol. The fourth-order valence-electron chi connectivity index (χ4n) is 3.42. The molecule has 0 aliphatic carbocycles. The van der Waals surface area contributed by atoms with E-state index in [4.69, 9.17) is 10.3 Å². The summed E-state index contributed by atoms with van der Waals surface area (Å²) >= 11 is 0. The summed E-state index contributed by atoms with van der Waals surface area (Å²) in [5.41, 5.74) is 5.86. The summed E-state index contributed by atoms with van der Waals surface area (Å²) in [6.45, 7) is 8.22. The quantitative estimate of drug-likeness (QED) is 0.419. The van der Waals surface area contributed by atoms with Crippen LogP contribution in [0.4, 0.5) is 0 Å². The number of nitrogens with two attached hydrogens (primary N) is 1. The minimum absolute atomic E-state index is 0.165. The van der Waals surface area contributed by atoms with Crippen molar-refractivity contribution in [1.82, 2.24) is 0 Å². The number of rotatable bonds is 14. The maximum absolute atomic E-state index is 12.5. The molecule has 0 aromatic carbocycles. The van der Waals surface area contributed by atoms with Gasteiger partial charge in [0.1, 0.15) is 0 Å². The van der Waals surface area contributed by atoms with E-state index in [2.05, 4.69) is 27.7 Å². The van der Waals surface area contributed by atoms with Crippen molar-refractivity contribution in [2.45, 2.75) is 92.0 Å². The average Bonchev–Trinajstić information content (AvgIpc) is 2.55. The van der Waals surface area contributed by atoms with Gasteiger partial charge in [-0.1, -0.05) is 0 Å². The van der Waals surface area contributed by atoms with Gasteiger partial charge in [-0.25, -0.2) is 0 Å². The molecule has 23 heavy (non-hydrogen) atoms. The molecule has 0 bridgehead atoms. The fraction of sp³-hybridized carbons (Fsp3) is 0.947. The first kappa shape index (κ1) is 22.9. The second kappa shape index (κ2) is 11.4. The van der Waals surface area contributed by atoms with E-state index in [1.165, 1.54) is 25.7 Å². The van der Waals surface area contributed by atoms with Gasteiger partial charge in [-0.05, 0) is 0 Å². The fourth-order valence-corrected chi connectivity index (χ4v) is 10.3. The second-order valence-electron chi connectivity index (χ2n) is 7.37. The van der Waals surface area contributed by atoms with Crippen LogP contribution in [0.5, 0.6) is 0 Å². The second-order valence-corrected chi connectivity index (χ2v) is 13.1. The predicted octanol–water partition coefficient (Wildman–Crippen LogP) is 5.55. The molecule has 0 aliphatic heterocycles. The Bertz CT molecular complexity index is 288. The third-order valence-corrected chi connectivity index (χ3v) is 11.5. The van der Waals surface area contributed by atoms with Crippen molar-refractivity contribution in [3.8, 4) is 0 Å². The summed E-state index contributed by atoms with van der Waals surface area (Å²) in [7, 11) is 0. The van der Waals surface area contributed by atoms with Crippen LogP contribution in [-0.4, -0.2) is 36.7 Å². The number of hydrogen-bond acceptors (Lipinski definition) is 3. The number of carbonyl (C=O) groups excluding carboxylic acids is 1. The number of hydrogen-bond donors (Lipinski definition) is 1. The van der Waals surface area contributed by atoms with Crippen molar-refractivity contribution < 1.29 is 9.32 Å². The Morgan fingerprint density at radius 3 is 1.35 bits per heavy atom. The molecule has 0 spiro atoms. The zero-order valence-electron chi connectivity index (χ0n) is 16.4. The van der Waals surface area contributed by atoms with Crippen molar-refractivity contribution in [2.24, 2.45) is 5.73 Å². The first-order valence-electron chi connectivity index (χ1n) is 9.88. The Hall–Kier alpha value is -0.140. The van der Waals surface area contributed by atoms with Crippen molar-refractivity contribution in [2.75, 3.05) is 24.6 Å². The molecule has 0 aliphatic rings. The molecule has 0 radical (unpaired) electrons. The van der Waals surface area contributed by atoms with Crippen molar-refractivity contribution in [1.29, 1.82) is 0 Å². The molecule has 0 rings (SSSR count). The van der Waals surface area contributed by atoms with Gasteiger partial charge in [0.15, 0.2) is 0 Å². The molecule has 4 heteroatoms. The van der Waals surface area contributed by atoms with Gasteiger partial charge >= 0.3 is 145 Å². The molecule has 0 aromatic rings. The van der Waals surface area contributed by atoms with Crippen LogP contribution in [0.25, 0.3) is 0 Å². The maximum atomic E-state index is 12.5. The molecule has 2 N–H and O–H groups in total. The van der Waals surface area contributed by atoms with Crippen LogP contribution in [0.3, 0.4) is 0 Å². The van der Waals surface area contributed by atoms with Crippen LogP contribution in [0, 0.1) is 0 Å². The van der Waals surface area contributed by atoms with E-state index >= 15 is 0 Å². The first-order valence-corrected chi connectivity index (χ1v) is 12.8. The average molecular weight is 348 g/mol. The van der Waals surface area contributed by atoms with E-state index in [-0.39, 0.29) is 5.97 Å². The summed E-state index contributed by atoms with van der Waals surface area (Å²) in [5, 5.41) is 0. The Kier molecular flexibility index (Phi) is 11.4. The molecule has 3 nitrogen and oxygen atoms in total. The first-order chi connectivity index (χ1) is 10.9. The summed E-state index contributed by atoms with van der Waals surface area (Å²) in [6, 6.07) is -0.511. The van der Waals surface area contributed by atoms with Crippen LogP contribution in [0.2, 0.25) is 0 Å². The molecular weight excluding hydrogens is 305 g/mol. The van der Waals surface area contributed by atoms with Gasteiger partial charge in [0.2, 0.25) is 0 Å². The molecule has 140 valence electrons. The van der Waals surface area contributed by atoms with Gasteiger partial charge in [-0.3, -0.25) is 0 Å². The van der Waals surface area contributed by atoms with E-state index < -0.39 is 12.9 Å². The van der Waals surface area contributed by atoms with E-state index in [0.717, 1.165) is 50.3 Å². The standard InChI is InChI=1S/C19H42NO2P/c1-6-10-14-23(15-11-7-2,16-12-8-3,17-13-9-4)22-19(21)18(5)20/h18H,6-17,20H2,1-5H3/t18-/m1/s1. The molecule has 0 saturated heterocycles. The summed E-state index contributed by atoms with van der Waals surface area (Å²) in [4.78, 5) is 12.5. The monoisotopic (exact) mass is 347 g/mol. The van der Waals surface area contributed by atoms with E-state index in [1.807, 2.05) is 0 Å². The van der Waals surface area contributed by atoms with Gasteiger partial charge in [0.25, 0.3) is 0 Å². The molecule has 0 amide bonds. The number of carbonyl (C=O) groups is 1. The van der Waals surface area contributed by atoms with E-state index in [0.29, 0.717) is 0 Å². The van der Waals surface area contributed by atoms with Gasteiger partial charge in [0, 0.05) is 0 Å². The number of unbranched alkanes of at least 4 members (excludes halogenated alkanes) is 4. The molecule has 0 fully saturated rings. The molecule has 1 atom stereocenters. The normalized spacial score (nSPS) is 15.0. The Morgan fingerprint density at radius 2 is 1.13 bits per heavy atom. The van der Waals surface area contributed by atoms with Crippen LogP contribution >= 0.6 is 6.83 Å². The van der Waals surface area contributed by atoms with Crippen molar-refractivity contribution in [3.05, 3.63) is 0 Å². The molecule has 0 aromatic heterocycles. The van der Waals surface area contributed by atoms with Gasteiger partial charge in [0.05, 0.1) is 0 Å². The zero-order chi connectivity index (χ0) is 17.8. The minimum atomic E-state index is -2.48. The van der Waals surface area contributed by atoms with Crippen molar-refractivity contribution >= 4 is 12.8 Å². The van der Waals surface area contributed by atoms with Gasteiger partial charge in [-0.2, -0.15) is 0 Å². The molecule has 0 unspecified atom stereocenters.